The molecule has 0 spiro atoms. The minimum atomic E-state index is -0.108. The Morgan fingerprint density at radius 1 is 1.53 bits per heavy atom. The van der Waals surface area contributed by atoms with Crippen molar-refractivity contribution in [1.82, 2.24) is 5.32 Å². The molecule has 17 heavy (non-hydrogen) atoms. The Morgan fingerprint density at radius 2 is 2.29 bits per heavy atom. The molecule has 0 aliphatic carbocycles. The number of carbonyl (C=O) groups is 1. The molecule has 96 valence electrons. The smallest absolute Gasteiger partial charge is 0.287 e. The maximum atomic E-state index is 11.8. The molecule has 1 rings (SSSR count). The monoisotopic (exact) mass is 301 g/mol. The maximum Gasteiger partial charge on any atom is 0.287 e. The summed E-state index contributed by atoms with van der Waals surface area (Å²) in [6, 6.07) is 1.80. The third-order valence-electron chi connectivity index (χ3n) is 2.83. The van der Waals surface area contributed by atoms with Gasteiger partial charge in [0, 0.05) is 17.4 Å². The summed E-state index contributed by atoms with van der Waals surface area (Å²) in [7, 11) is 0. The molecule has 0 radical (unpaired) electrons. The lowest BCUT2D eigenvalue weighted by Gasteiger charge is -2.15. The first-order valence-corrected chi connectivity index (χ1v) is 7.19. The molecule has 0 aliphatic rings. The van der Waals surface area contributed by atoms with Gasteiger partial charge in [-0.2, -0.15) is 0 Å². The molecule has 0 fully saturated rings. The predicted molar refractivity (Wildman–Crippen MR) is 72.6 cm³/mol. The zero-order valence-corrected chi connectivity index (χ0v) is 12.0. The van der Waals surface area contributed by atoms with Crippen molar-refractivity contribution in [3.05, 3.63) is 23.7 Å². The van der Waals surface area contributed by atoms with E-state index < -0.39 is 0 Å². The van der Waals surface area contributed by atoms with Crippen molar-refractivity contribution >= 4 is 21.8 Å². The number of nitrogens with one attached hydrogen (secondary N) is 1. The molecule has 0 aromatic carbocycles. The molecule has 3 nitrogen and oxygen atoms in total. The van der Waals surface area contributed by atoms with Gasteiger partial charge in [-0.1, -0.05) is 29.3 Å². The van der Waals surface area contributed by atoms with Crippen molar-refractivity contribution in [3.63, 3.8) is 0 Å². The van der Waals surface area contributed by atoms with Gasteiger partial charge in [0.1, 0.15) is 0 Å². The predicted octanol–water partition coefficient (Wildman–Crippen LogP) is 3.52. The zero-order valence-electron chi connectivity index (χ0n) is 10.5. The highest BCUT2D eigenvalue weighted by Gasteiger charge is 2.14. The van der Waals surface area contributed by atoms with Gasteiger partial charge in [-0.25, -0.2) is 0 Å². The average Bonchev–Trinajstić information content (AvgIpc) is 2.72. The van der Waals surface area contributed by atoms with E-state index in [1.54, 1.807) is 12.3 Å². The van der Waals surface area contributed by atoms with Crippen molar-refractivity contribution in [2.24, 2.45) is 5.92 Å². The molecule has 0 saturated heterocycles. The van der Waals surface area contributed by atoms with Gasteiger partial charge in [-0.3, -0.25) is 4.79 Å². The van der Waals surface area contributed by atoms with Gasteiger partial charge in [0.05, 0.1) is 6.26 Å². The van der Waals surface area contributed by atoms with Crippen LogP contribution < -0.4 is 5.32 Å². The molecular formula is C13H20BrNO2. The normalized spacial score (nSPS) is 12.4. The van der Waals surface area contributed by atoms with Gasteiger partial charge >= 0.3 is 0 Å². The van der Waals surface area contributed by atoms with E-state index in [2.05, 4.69) is 28.2 Å². The summed E-state index contributed by atoms with van der Waals surface area (Å²) in [5.74, 6) is 0.862. The van der Waals surface area contributed by atoms with Gasteiger partial charge in [-0.15, -0.1) is 0 Å². The SMILES string of the molecule is CCCC(CCBr)CNC(=O)c1occc1C. The van der Waals surface area contributed by atoms with E-state index in [0.717, 1.165) is 36.7 Å². The first-order chi connectivity index (χ1) is 8.19. The number of furan rings is 1. The quantitative estimate of drug-likeness (QED) is 0.783. The van der Waals surface area contributed by atoms with Crippen LogP contribution in [0.4, 0.5) is 0 Å². The minimum absolute atomic E-state index is 0.108. The zero-order chi connectivity index (χ0) is 12.7. The topological polar surface area (TPSA) is 42.2 Å². The summed E-state index contributed by atoms with van der Waals surface area (Å²) in [6.45, 7) is 4.76. The van der Waals surface area contributed by atoms with Crippen LogP contribution in [0.25, 0.3) is 0 Å². The fourth-order valence-corrected chi connectivity index (χ4v) is 2.48. The molecule has 1 atom stereocenters. The van der Waals surface area contributed by atoms with Crippen LogP contribution in [-0.2, 0) is 0 Å². The number of rotatable bonds is 7. The third-order valence-corrected chi connectivity index (χ3v) is 3.29. The molecule has 1 amide bonds. The number of carbonyl (C=O) groups excluding carboxylic acids is 1. The van der Waals surface area contributed by atoms with Gasteiger partial charge in [0.15, 0.2) is 5.76 Å². The Kier molecular flexibility index (Phi) is 6.34. The largest absolute Gasteiger partial charge is 0.459 e. The van der Waals surface area contributed by atoms with Crippen molar-refractivity contribution in [1.29, 1.82) is 0 Å². The van der Waals surface area contributed by atoms with Gasteiger partial charge in [0.25, 0.3) is 5.91 Å². The first kappa shape index (κ1) is 14.3. The van der Waals surface area contributed by atoms with Gasteiger partial charge in [0.2, 0.25) is 0 Å². The number of halogens is 1. The van der Waals surface area contributed by atoms with Crippen molar-refractivity contribution < 1.29 is 9.21 Å². The average molecular weight is 302 g/mol. The van der Waals surface area contributed by atoms with Gasteiger partial charge in [-0.05, 0) is 31.7 Å². The van der Waals surface area contributed by atoms with E-state index in [1.807, 2.05) is 6.92 Å². The number of amides is 1. The minimum Gasteiger partial charge on any atom is -0.459 e. The summed E-state index contributed by atoms with van der Waals surface area (Å²) in [6.07, 6.45) is 4.92. The molecular weight excluding hydrogens is 282 g/mol. The highest BCUT2D eigenvalue weighted by atomic mass is 79.9. The van der Waals surface area contributed by atoms with E-state index >= 15 is 0 Å². The van der Waals surface area contributed by atoms with Crippen LogP contribution in [0.1, 0.15) is 42.3 Å². The Labute approximate surface area is 111 Å². The summed E-state index contributed by atoms with van der Waals surface area (Å²) in [5.41, 5.74) is 0.884. The lowest BCUT2D eigenvalue weighted by atomic mass is 10.0. The van der Waals surface area contributed by atoms with Crippen LogP contribution in [0, 0.1) is 12.8 Å². The summed E-state index contributed by atoms with van der Waals surface area (Å²) in [5, 5.41) is 3.92. The van der Waals surface area contributed by atoms with E-state index in [0.29, 0.717) is 11.7 Å². The molecule has 0 saturated carbocycles. The first-order valence-electron chi connectivity index (χ1n) is 6.07. The Balaban J connectivity index is 2.43. The highest BCUT2D eigenvalue weighted by molar-refractivity contribution is 9.09. The second-order valence-corrected chi connectivity index (χ2v) is 5.07. The molecule has 1 unspecified atom stereocenters. The number of hydrogen-bond donors (Lipinski definition) is 1. The van der Waals surface area contributed by atoms with E-state index in [1.165, 1.54) is 0 Å². The Hall–Kier alpha value is -0.770. The molecule has 0 aliphatic heterocycles. The van der Waals surface area contributed by atoms with E-state index in [4.69, 9.17) is 4.42 Å². The molecule has 1 aromatic heterocycles. The Bertz CT molecular complexity index is 343. The van der Waals surface area contributed by atoms with Crippen molar-refractivity contribution in [2.45, 2.75) is 33.1 Å². The van der Waals surface area contributed by atoms with E-state index in [-0.39, 0.29) is 5.91 Å². The van der Waals surface area contributed by atoms with Crippen LogP contribution in [0.3, 0.4) is 0 Å². The van der Waals surface area contributed by atoms with Gasteiger partial charge < -0.3 is 9.73 Å². The maximum absolute atomic E-state index is 11.8. The molecule has 1 N–H and O–H groups in total. The fraction of sp³-hybridized carbons (Fsp3) is 0.615. The van der Waals surface area contributed by atoms with Crippen LogP contribution in [0.5, 0.6) is 0 Å². The van der Waals surface area contributed by atoms with Crippen LogP contribution in [0.15, 0.2) is 16.7 Å². The van der Waals surface area contributed by atoms with Crippen LogP contribution >= 0.6 is 15.9 Å². The lowest BCUT2D eigenvalue weighted by Crippen LogP contribution is -2.29. The lowest BCUT2D eigenvalue weighted by molar-refractivity contribution is 0.0917. The van der Waals surface area contributed by atoms with Crippen molar-refractivity contribution in [2.75, 3.05) is 11.9 Å². The highest BCUT2D eigenvalue weighted by Crippen LogP contribution is 2.13. The summed E-state index contributed by atoms with van der Waals surface area (Å²) >= 11 is 3.45. The fourth-order valence-electron chi connectivity index (χ4n) is 1.83. The van der Waals surface area contributed by atoms with Crippen LogP contribution in [-0.4, -0.2) is 17.8 Å². The van der Waals surface area contributed by atoms with Crippen molar-refractivity contribution in [3.8, 4) is 0 Å². The Morgan fingerprint density at radius 3 is 2.82 bits per heavy atom. The molecule has 1 heterocycles. The van der Waals surface area contributed by atoms with Crippen LogP contribution in [0.2, 0.25) is 0 Å². The van der Waals surface area contributed by atoms with E-state index in [9.17, 15) is 4.79 Å². The number of hydrogen-bond acceptors (Lipinski definition) is 2. The third kappa shape index (κ3) is 4.54. The summed E-state index contributed by atoms with van der Waals surface area (Å²) in [4.78, 5) is 11.8. The second-order valence-electron chi connectivity index (χ2n) is 4.28. The number of aryl methyl sites for hydroxylation is 1. The standard InChI is InChI=1S/C13H20BrNO2/c1-3-4-11(5-7-14)9-15-13(16)12-10(2)6-8-17-12/h6,8,11H,3-5,7,9H2,1-2H3,(H,15,16). The molecule has 4 heteroatoms. The molecule has 1 aromatic rings. The summed E-state index contributed by atoms with van der Waals surface area (Å²) < 4.78 is 5.16. The number of alkyl halides is 1. The molecule has 0 bridgehead atoms. The second kappa shape index (κ2) is 7.54.